The van der Waals surface area contributed by atoms with Crippen LogP contribution in [0.1, 0.15) is 50.5 Å². The second kappa shape index (κ2) is 8.06. The van der Waals surface area contributed by atoms with E-state index in [2.05, 4.69) is 11.1 Å². The number of hydrogen-bond donors (Lipinski definition) is 1. The lowest BCUT2D eigenvalue weighted by molar-refractivity contribution is -0.138. The van der Waals surface area contributed by atoms with E-state index < -0.39 is 11.7 Å². The van der Waals surface area contributed by atoms with Crippen LogP contribution in [0.4, 0.5) is 5.82 Å². The third-order valence-electron chi connectivity index (χ3n) is 6.20. The van der Waals surface area contributed by atoms with Gasteiger partial charge in [-0.2, -0.15) is 0 Å². The number of aryl methyl sites for hydroxylation is 1. The summed E-state index contributed by atoms with van der Waals surface area (Å²) in [5.41, 5.74) is 11.9. The van der Waals surface area contributed by atoms with Crippen molar-refractivity contribution in [3.63, 3.8) is 0 Å². The molecule has 6 heteroatoms. The fourth-order valence-corrected chi connectivity index (χ4v) is 4.87. The van der Waals surface area contributed by atoms with Gasteiger partial charge in [0, 0.05) is 29.0 Å². The number of rotatable bonds is 4. The Morgan fingerprint density at radius 1 is 1.18 bits per heavy atom. The molecule has 0 fully saturated rings. The first-order valence-electron chi connectivity index (χ1n) is 11.6. The van der Waals surface area contributed by atoms with Crippen molar-refractivity contribution in [2.45, 2.75) is 52.7 Å². The molecular weight excluding hydrogens is 426 g/mol. The number of anilines is 1. The number of carbonyl (C=O) groups is 1. The highest BCUT2D eigenvalue weighted by Crippen LogP contribution is 2.45. The molecule has 34 heavy (non-hydrogen) atoms. The Labute approximate surface area is 199 Å². The van der Waals surface area contributed by atoms with Crippen LogP contribution < -0.4 is 10.5 Å². The average molecular weight is 456 g/mol. The number of Topliss-reactive ketones (excluding diaryl/α,β-unsaturated/α-hetero) is 1. The summed E-state index contributed by atoms with van der Waals surface area (Å²) < 4.78 is 12.3. The number of nitrogens with zero attached hydrogens (tertiary/aromatic N) is 2. The van der Waals surface area contributed by atoms with Crippen molar-refractivity contribution in [3.8, 4) is 16.9 Å². The number of ether oxygens (including phenoxy) is 2. The van der Waals surface area contributed by atoms with Crippen molar-refractivity contribution >= 4 is 33.4 Å². The lowest BCUT2D eigenvalue weighted by atomic mass is 9.86. The summed E-state index contributed by atoms with van der Waals surface area (Å²) in [6.45, 7) is 10.1. The maximum absolute atomic E-state index is 13.0. The molecule has 3 heterocycles. The number of fused-ring (bicyclic) bond motifs is 1. The molecule has 0 radical (unpaired) electrons. The Morgan fingerprint density at radius 2 is 1.97 bits per heavy atom. The minimum atomic E-state index is -0.737. The van der Waals surface area contributed by atoms with E-state index in [4.69, 9.17) is 20.2 Å². The normalized spacial score (nSPS) is 14.3. The number of benzene rings is 2. The predicted molar refractivity (Wildman–Crippen MR) is 135 cm³/mol. The van der Waals surface area contributed by atoms with Crippen molar-refractivity contribution in [2.75, 3.05) is 12.3 Å². The highest BCUT2D eigenvalue weighted by molar-refractivity contribution is 6.08. The van der Waals surface area contributed by atoms with E-state index >= 15 is 0 Å². The van der Waals surface area contributed by atoms with E-state index in [-0.39, 0.29) is 5.78 Å². The van der Waals surface area contributed by atoms with Crippen molar-refractivity contribution in [2.24, 2.45) is 0 Å². The second-order valence-corrected chi connectivity index (χ2v) is 9.91. The lowest BCUT2D eigenvalue weighted by Crippen LogP contribution is -2.27. The van der Waals surface area contributed by atoms with Crippen LogP contribution in [-0.4, -0.2) is 28.0 Å². The van der Waals surface area contributed by atoms with Crippen molar-refractivity contribution < 1.29 is 14.3 Å². The second-order valence-electron chi connectivity index (χ2n) is 9.91. The van der Waals surface area contributed by atoms with Crippen molar-refractivity contribution in [1.29, 1.82) is 0 Å². The highest BCUT2D eigenvalue weighted by atomic mass is 16.5. The summed E-state index contributed by atoms with van der Waals surface area (Å²) in [6.07, 6.45) is 1.94. The summed E-state index contributed by atoms with van der Waals surface area (Å²) in [7, 11) is 0. The van der Waals surface area contributed by atoms with E-state index in [1.165, 1.54) is 5.56 Å². The summed E-state index contributed by atoms with van der Waals surface area (Å²) >= 11 is 0. The zero-order chi connectivity index (χ0) is 24.2. The molecule has 5 rings (SSSR count). The molecule has 6 nitrogen and oxygen atoms in total. The first-order chi connectivity index (χ1) is 16.1. The largest absolute Gasteiger partial charge is 0.493 e. The quantitative estimate of drug-likeness (QED) is 0.423. The number of carbonyl (C=O) groups excluding carboxylic acids is 1. The van der Waals surface area contributed by atoms with Crippen LogP contribution in [0.15, 0.2) is 42.6 Å². The van der Waals surface area contributed by atoms with Gasteiger partial charge in [0.1, 0.15) is 17.7 Å². The summed E-state index contributed by atoms with van der Waals surface area (Å²) in [4.78, 5) is 22.4. The topological polar surface area (TPSA) is 87.3 Å². The van der Waals surface area contributed by atoms with Crippen LogP contribution in [0, 0.1) is 6.92 Å². The van der Waals surface area contributed by atoms with Crippen LogP contribution >= 0.6 is 0 Å². The molecule has 1 atom stereocenters. The molecule has 2 aromatic carbocycles. The molecule has 2 N–H and O–H groups in total. The third kappa shape index (κ3) is 3.78. The lowest BCUT2D eigenvalue weighted by Gasteiger charge is -2.30. The standard InChI is InChI=1S/C28H29N3O3/c1-15-14-20-18(7-9-22(29)31-20)25(23(15)27(16(2)32)34-28(3,4)5)19-6-8-21-24-17(11-13-33-21)10-12-30-26(19)24/h6-10,12,14,27H,11,13H2,1-5H3,(H2,29,31)/t27-/m1/s1. The Hall–Kier alpha value is -3.51. The molecule has 2 aromatic heterocycles. The Bertz CT molecular complexity index is 1440. The van der Waals surface area contributed by atoms with Crippen LogP contribution in [0.5, 0.6) is 5.75 Å². The molecule has 0 spiro atoms. The number of hydrogen-bond acceptors (Lipinski definition) is 6. The maximum atomic E-state index is 13.0. The number of ketones is 1. The molecule has 4 aromatic rings. The molecule has 0 saturated carbocycles. The van der Waals surface area contributed by atoms with Crippen LogP contribution in [0.3, 0.4) is 0 Å². The van der Waals surface area contributed by atoms with Crippen LogP contribution in [0.2, 0.25) is 0 Å². The SMILES string of the molecule is CC(=O)[C@@H](OC(C)(C)C)c1c(C)cc2nc(N)ccc2c1-c1ccc2c3c(ccnc13)CCO2. The van der Waals surface area contributed by atoms with Gasteiger partial charge in [-0.25, -0.2) is 4.98 Å². The van der Waals surface area contributed by atoms with Gasteiger partial charge in [-0.1, -0.05) is 0 Å². The fraction of sp³-hybridized carbons (Fsp3) is 0.321. The van der Waals surface area contributed by atoms with Gasteiger partial charge in [-0.05, 0) is 93.3 Å². The Balaban J connectivity index is 1.91. The van der Waals surface area contributed by atoms with Crippen LogP contribution in [-0.2, 0) is 16.0 Å². The fourth-order valence-electron chi connectivity index (χ4n) is 4.87. The molecule has 0 bridgehead atoms. The van der Waals surface area contributed by atoms with Gasteiger partial charge in [0.2, 0.25) is 0 Å². The number of nitrogen functional groups attached to an aromatic ring is 1. The van der Waals surface area contributed by atoms with Crippen molar-refractivity contribution in [3.05, 3.63) is 59.3 Å². The molecular formula is C28H29N3O3. The van der Waals surface area contributed by atoms with Gasteiger partial charge in [-0.15, -0.1) is 0 Å². The van der Waals surface area contributed by atoms with E-state index in [0.29, 0.717) is 12.4 Å². The zero-order valence-electron chi connectivity index (χ0n) is 20.2. The van der Waals surface area contributed by atoms with E-state index in [1.54, 1.807) is 13.0 Å². The van der Waals surface area contributed by atoms with E-state index in [0.717, 1.165) is 56.2 Å². The molecule has 1 aliphatic rings. The maximum Gasteiger partial charge on any atom is 0.163 e. The molecule has 0 saturated heterocycles. The third-order valence-corrected chi connectivity index (χ3v) is 6.20. The summed E-state index contributed by atoms with van der Waals surface area (Å²) in [5.74, 6) is 1.23. The minimum Gasteiger partial charge on any atom is -0.493 e. The summed E-state index contributed by atoms with van der Waals surface area (Å²) in [6, 6.07) is 11.8. The first-order valence-corrected chi connectivity index (χ1v) is 11.6. The van der Waals surface area contributed by atoms with Crippen molar-refractivity contribution in [1.82, 2.24) is 9.97 Å². The van der Waals surface area contributed by atoms with Gasteiger partial charge in [0.25, 0.3) is 0 Å². The van der Waals surface area contributed by atoms with Gasteiger partial charge in [-0.3, -0.25) is 9.78 Å². The molecule has 1 aliphatic heterocycles. The van der Waals surface area contributed by atoms with Crippen LogP contribution in [0.25, 0.3) is 32.9 Å². The number of nitrogens with two attached hydrogens (primary N) is 1. The number of aromatic nitrogens is 2. The van der Waals surface area contributed by atoms with E-state index in [9.17, 15) is 4.79 Å². The minimum absolute atomic E-state index is 0.0546. The first kappa shape index (κ1) is 22.3. The zero-order valence-corrected chi connectivity index (χ0v) is 20.2. The highest BCUT2D eigenvalue weighted by Gasteiger charge is 2.31. The molecule has 174 valence electrons. The van der Waals surface area contributed by atoms with Gasteiger partial charge >= 0.3 is 0 Å². The molecule has 0 unspecified atom stereocenters. The van der Waals surface area contributed by atoms with Gasteiger partial charge in [0.15, 0.2) is 5.78 Å². The molecule has 0 aliphatic carbocycles. The Morgan fingerprint density at radius 3 is 2.71 bits per heavy atom. The van der Waals surface area contributed by atoms with Gasteiger partial charge in [0.05, 0.1) is 23.2 Å². The Kier molecular flexibility index (Phi) is 5.29. The monoisotopic (exact) mass is 455 g/mol. The molecule has 0 amide bonds. The smallest absolute Gasteiger partial charge is 0.163 e. The average Bonchev–Trinajstić information content (AvgIpc) is 2.77. The predicted octanol–water partition coefficient (Wildman–Crippen LogP) is 5.72. The van der Waals surface area contributed by atoms with E-state index in [1.807, 2.05) is 58.2 Å². The summed E-state index contributed by atoms with van der Waals surface area (Å²) in [5, 5.41) is 1.92. The van der Waals surface area contributed by atoms with Gasteiger partial charge < -0.3 is 15.2 Å². The number of pyridine rings is 2.